The molecule has 3 nitrogen and oxygen atoms in total. The lowest BCUT2D eigenvalue weighted by Gasteiger charge is -2.04. The number of azo groups is 1. The van der Waals surface area contributed by atoms with Crippen LogP contribution in [0.15, 0.2) is 70.9 Å². The van der Waals surface area contributed by atoms with Crippen LogP contribution in [0, 0.1) is 23.5 Å². The fourth-order valence-electron chi connectivity index (χ4n) is 2.98. The van der Waals surface area contributed by atoms with Gasteiger partial charge in [0.1, 0.15) is 17.4 Å². The van der Waals surface area contributed by atoms with Crippen molar-refractivity contribution in [2.24, 2.45) is 10.2 Å². The van der Waals surface area contributed by atoms with Crippen molar-refractivity contribution in [1.82, 2.24) is 0 Å². The first-order valence-electron chi connectivity index (χ1n) is 10.2. The number of rotatable bonds is 7. The molecule has 0 spiro atoms. The first kappa shape index (κ1) is 22.2. The Morgan fingerprint density at radius 2 is 1.39 bits per heavy atom. The summed E-state index contributed by atoms with van der Waals surface area (Å²) in [5.74, 6) is 4.93. The minimum absolute atomic E-state index is 0.206. The van der Waals surface area contributed by atoms with Crippen molar-refractivity contribution in [2.75, 3.05) is 7.11 Å². The van der Waals surface area contributed by atoms with E-state index >= 15 is 0 Å². The summed E-state index contributed by atoms with van der Waals surface area (Å²) < 4.78 is 33.7. The van der Waals surface area contributed by atoms with Crippen LogP contribution >= 0.6 is 0 Å². The van der Waals surface area contributed by atoms with Crippen molar-refractivity contribution >= 4 is 11.4 Å². The van der Waals surface area contributed by atoms with E-state index < -0.39 is 11.6 Å². The summed E-state index contributed by atoms with van der Waals surface area (Å²) in [7, 11) is 1.60. The molecule has 158 valence electrons. The second kappa shape index (κ2) is 11.0. The van der Waals surface area contributed by atoms with Crippen LogP contribution in [-0.2, 0) is 6.42 Å². The lowest BCUT2D eigenvalue weighted by atomic mass is 10.0. The molecule has 0 saturated carbocycles. The lowest BCUT2D eigenvalue weighted by molar-refractivity contribution is 0.415. The summed E-state index contributed by atoms with van der Waals surface area (Å²) in [4.78, 5) is 0. The Hall–Kier alpha value is -3.52. The summed E-state index contributed by atoms with van der Waals surface area (Å²) in [6, 6.07) is 17.0. The first-order valence-corrected chi connectivity index (χ1v) is 10.2. The number of hydrogen-bond donors (Lipinski definition) is 0. The van der Waals surface area contributed by atoms with Gasteiger partial charge in [-0.25, -0.2) is 8.78 Å². The second-order valence-electron chi connectivity index (χ2n) is 7.09. The third-order valence-corrected chi connectivity index (χ3v) is 4.72. The van der Waals surface area contributed by atoms with E-state index in [2.05, 4.69) is 29.0 Å². The number of methoxy groups -OCH3 is 1. The highest BCUT2D eigenvalue weighted by Gasteiger charge is 2.09. The van der Waals surface area contributed by atoms with Gasteiger partial charge in [0.15, 0.2) is 0 Å². The highest BCUT2D eigenvalue weighted by molar-refractivity contribution is 5.49. The van der Waals surface area contributed by atoms with Gasteiger partial charge in [-0.1, -0.05) is 31.6 Å². The van der Waals surface area contributed by atoms with Gasteiger partial charge < -0.3 is 4.74 Å². The molecular formula is C26H24F2N2O. The quantitative estimate of drug-likeness (QED) is 0.222. The smallest absolute Gasteiger partial charge is 0.142 e. The summed E-state index contributed by atoms with van der Waals surface area (Å²) >= 11 is 0. The van der Waals surface area contributed by atoms with E-state index in [4.69, 9.17) is 4.74 Å². The molecular weight excluding hydrogens is 394 g/mol. The Bertz CT molecular complexity index is 1070. The van der Waals surface area contributed by atoms with E-state index in [1.807, 2.05) is 12.1 Å². The Balaban J connectivity index is 1.68. The summed E-state index contributed by atoms with van der Waals surface area (Å²) in [5, 5.41) is 8.34. The predicted octanol–water partition coefficient (Wildman–Crippen LogP) is 7.52. The van der Waals surface area contributed by atoms with E-state index in [-0.39, 0.29) is 5.56 Å². The Morgan fingerprint density at radius 1 is 0.806 bits per heavy atom. The molecule has 0 fully saturated rings. The third-order valence-electron chi connectivity index (χ3n) is 4.72. The van der Waals surface area contributed by atoms with Crippen LogP contribution in [0.1, 0.15) is 42.9 Å². The maximum atomic E-state index is 14.3. The predicted molar refractivity (Wildman–Crippen MR) is 119 cm³/mol. The zero-order chi connectivity index (χ0) is 22.1. The normalized spacial score (nSPS) is 10.7. The molecule has 0 aliphatic heterocycles. The van der Waals surface area contributed by atoms with Crippen LogP contribution < -0.4 is 4.74 Å². The number of hydrogen-bond acceptors (Lipinski definition) is 3. The molecule has 31 heavy (non-hydrogen) atoms. The van der Waals surface area contributed by atoms with Gasteiger partial charge in [0.05, 0.1) is 24.0 Å². The minimum atomic E-state index is -0.621. The van der Waals surface area contributed by atoms with Crippen molar-refractivity contribution in [2.45, 2.75) is 32.6 Å². The van der Waals surface area contributed by atoms with Crippen molar-refractivity contribution in [3.8, 4) is 17.6 Å². The number of benzene rings is 3. The van der Waals surface area contributed by atoms with Crippen LogP contribution in [0.25, 0.3) is 0 Å². The van der Waals surface area contributed by atoms with Crippen molar-refractivity contribution in [3.05, 3.63) is 89.0 Å². The topological polar surface area (TPSA) is 34.0 Å². The largest absolute Gasteiger partial charge is 0.497 e. The van der Waals surface area contributed by atoms with E-state index in [9.17, 15) is 8.78 Å². The number of halogens is 2. The maximum absolute atomic E-state index is 14.3. The first-order chi connectivity index (χ1) is 15.1. The number of unbranched alkanes of at least 4 members (excludes halogenated alkanes) is 2. The van der Waals surface area contributed by atoms with Gasteiger partial charge >= 0.3 is 0 Å². The highest BCUT2D eigenvalue weighted by Crippen LogP contribution is 2.21. The molecule has 3 aromatic rings. The van der Waals surface area contributed by atoms with Gasteiger partial charge in [0, 0.05) is 5.56 Å². The summed E-state index contributed by atoms with van der Waals surface area (Å²) in [5.41, 5.74) is 2.45. The molecule has 0 bridgehead atoms. The molecule has 0 heterocycles. The monoisotopic (exact) mass is 418 g/mol. The summed E-state index contributed by atoms with van der Waals surface area (Å²) in [6.07, 6.45) is 3.70. The van der Waals surface area contributed by atoms with Gasteiger partial charge in [-0.2, -0.15) is 10.2 Å². The van der Waals surface area contributed by atoms with E-state index in [0.717, 1.165) is 25.0 Å². The summed E-state index contributed by atoms with van der Waals surface area (Å²) in [6.45, 7) is 2.09. The van der Waals surface area contributed by atoms with Crippen molar-refractivity contribution in [3.63, 3.8) is 0 Å². The number of aryl methyl sites for hydroxylation is 1. The minimum Gasteiger partial charge on any atom is -0.497 e. The molecule has 0 saturated heterocycles. The van der Waals surface area contributed by atoms with Crippen molar-refractivity contribution < 1.29 is 13.5 Å². The van der Waals surface area contributed by atoms with Crippen LogP contribution in [0.5, 0.6) is 5.75 Å². The highest BCUT2D eigenvalue weighted by atomic mass is 19.1. The van der Waals surface area contributed by atoms with Crippen LogP contribution in [0.2, 0.25) is 0 Å². The molecule has 5 heteroatoms. The van der Waals surface area contributed by atoms with Gasteiger partial charge in [-0.05, 0) is 79.1 Å². The maximum Gasteiger partial charge on any atom is 0.142 e. The fraction of sp³-hybridized carbons (Fsp3) is 0.231. The van der Waals surface area contributed by atoms with Crippen LogP contribution in [-0.4, -0.2) is 7.11 Å². The zero-order valence-electron chi connectivity index (χ0n) is 17.7. The molecule has 0 aromatic heterocycles. The van der Waals surface area contributed by atoms with Crippen LogP contribution in [0.3, 0.4) is 0 Å². The molecule has 0 aliphatic carbocycles. The SMILES string of the molecule is CCCCCc1cc(F)c(C#Cc2ccc(N=Nc3ccc(OC)cc3)cc2)c(F)c1. The molecule has 0 atom stereocenters. The molecule has 0 amide bonds. The lowest BCUT2D eigenvalue weighted by Crippen LogP contribution is -1.95. The number of ether oxygens (including phenoxy) is 1. The Morgan fingerprint density at radius 3 is 1.94 bits per heavy atom. The average Bonchev–Trinajstić information content (AvgIpc) is 2.78. The molecule has 0 aliphatic rings. The third kappa shape index (κ3) is 6.48. The Kier molecular flexibility index (Phi) is 7.89. The standard InChI is InChI=1S/C26H24F2N2O/c1-3-4-5-6-20-17-25(27)24(26(28)18-20)16-9-19-7-10-21(11-8-19)29-30-22-12-14-23(31-2)15-13-22/h7-8,10-15,17-18H,3-6H2,1-2H3. The zero-order valence-corrected chi connectivity index (χ0v) is 17.7. The Labute approximate surface area is 181 Å². The molecule has 0 N–H and O–H groups in total. The molecule has 3 aromatic carbocycles. The van der Waals surface area contributed by atoms with Gasteiger partial charge in [-0.15, -0.1) is 0 Å². The van der Waals surface area contributed by atoms with Crippen LogP contribution in [0.4, 0.5) is 20.2 Å². The average molecular weight is 418 g/mol. The van der Waals surface area contributed by atoms with Gasteiger partial charge in [0.2, 0.25) is 0 Å². The molecule has 3 rings (SSSR count). The number of nitrogens with zero attached hydrogens (tertiary/aromatic N) is 2. The van der Waals surface area contributed by atoms with Crippen molar-refractivity contribution in [1.29, 1.82) is 0 Å². The van der Waals surface area contributed by atoms with E-state index in [1.54, 1.807) is 43.5 Å². The molecule has 0 unspecified atom stereocenters. The fourth-order valence-corrected chi connectivity index (χ4v) is 2.98. The second-order valence-corrected chi connectivity index (χ2v) is 7.09. The molecule has 0 radical (unpaired) electrons. The van der Waals surface area contributed by atoms with Gasteiger partial charge in [-0.3, -0.25) is 0 Å². The van der Waals surface area contributed by atoms with E-state index in [1.165, 1.54) is 12.1 Å². The van der Waals surface area contributed by atoms with Gasteiger partial charge in [0.25, 0.3) is 0 Å². The van der Waals surface area contributed by atoms with E-state index in [0.29, 0.717) is 28.9 Å².